The Kier molecular flexibility index (Phi) is 13.2. The molecule has 5 N–H and O–H groups in total. The van der Waals surface area contributed by atoms with E-state index in [9.17, 15) is 25.1 Å². The van der Waals surface area contributed by atoms with Gasteiger partial charge < -0.3 is 30.3 Å². The van der Waals surface area contributed by atoms with E-state index in [4.69, 9.17) is 21.1 Å². The minimum absolute atomic E-state index is 0.0262. The first kappa shape index (κ1) is 40.9. The summed E-state index contributed by atoms with van der Waals surface area (Å²) in [4.78, 5) is 27.5. The van der Waals surface area contributed by atoms with Gasteiger partial charge in [-0.25, -0.2) is 0 Å². The first-order valence-corrected chi connectivity index (χ1v) is 19.1. The van der Waals surface area contributed by atoms with Crippen LogP contribution < -0.4 is 25.4 Å². The number of halogens is 1. The second-order valence-electron chi connectivity index (χ2n) is 14.5. The number of carboxylic acids is 1. The molecule has 1 saturated heterocycles. The third kappa shape index (κ3) is 9.97. The van der Waals surface area contributed by atoms with Crippen molar-refractivity contribution >= 4 is 23.5 Å². The van der Waals surface area contributed by atoms with Crippen LogP contribution >= 0.6 is 11.6 Å². The molecule has 1 fully saturated rings. The van der Waals surface area contributed by atoms with Crippen LogP contribution in [0.1, 0.15) is 58.7 Å². The first-order valence-electron chi connectivity index (χ1n) is 18.8. The van der Waals surface area contributed by atoms with Gasteiger partial charge in [0.25, 0.3) is 0 Å². The number of nitrogens with zero attached hydrogens (tertiary/aromatic N) is 2. The quantitative estimate of drug-likeness (QED) is 0.0662. The summed E-state index contributed by atoms with van der Waals surface area (Å²) in [7, 11) is 0. The van der Waals surface area contributed by atoms with E-state index in [0.29, 0.717) is 39.6 Å². The number of aliphatic carboxylic acids is 1. The van der Waals surface area contributed by atoms with Crippen molar-refractivity contribution in [3.63, 3.8) is 0 Å². The molecule has 12 heteroatoms. The zero-order valence-electron chi connectivity index (χ0n) is 32.2. The lowest BCUT2D eigenvalue weighted by molar-refractivity contribution is -0.146. The van der Waals surface area contributed by atoms with Crippen LogP contribution in [0.15, 0.2) is 91.3 Å². The summed E-state index contributed by atoms with van der Waals surface area (Å²) in [6.45, 7) is 6.79. The van der Waals surface area contributed by atoms with Crippen molar-refractivity contribution < 1.29 is 29.3 Å². The third-order valence-corrected chi connectivity index (χ3v) is 10.7. The molecule has 11 nitrogen and oxygen atoms in total. The fraction of sp³-hybridized carbons (Fsp3) is 0.289. The number of pyridine rings is 1. The fourth-order valence-electron chi connectivity index (χ4n) is 6.79. The largest absolute Gasteiger partial charge is 0.488 e. The van der Waals surface area contributed by atoms with Crippen LogP contribution in [-0.2, 0) is 35.9 Å². The maximum atomic E-state index is 11.8. The van der Waals surface area contributed by atoms with Gasteiger partial charge in [-0.1, -0.05) is 72.3 Å². The maximum Gasteiger partial charge on any atom is 0.326 e. The molecular weight excluding hydrogens is 742 g/mol. The predicted octanol–water partition coefficient (Wildman–Crippen LogP) is 7.01. The van der Waals surface area contributed by atoms with Gasteiger partial charge in [0.05, 0.1) is 17.2 Å². The number of carboxylic acid groups (broad SMARTS) is 1. The minimum Gasteiger partial charge on any atom is -0.488 e. The molecule has 1 unspecified atom stereocenters. The number of ether oxygens (including phenoxy) is 2. The van der Waals surface area contributed by atoms with Gasteiger partial charge in [0.15, 0.2) is 0 Å². The summed E-state index contributed by atoms with van der Waals surface area (Å²) in [5.74, 6) is -0.323. The Morgan fingerprint density at radius 2 is 1.65 bits per heavy atom. The van der Waals surface area contributed by atoms with Crippen molar-refractivity contribution in [3.05, 3.63) is 135 Å². The molecule has 1 aromatic heterocycles. The van der Waals surface area contributed by atoms with E-state index >= 15 is 0 Å². The number of benzene rings is 4. The van der Waals surface area contributed by atoms with Gasteiger partial charge in [-0.15, -0.1) is 0 Å². The molecule has 4 aromatic carbocycles. The Bertz CT molecular complexity index is 2290. The normalized spacial score (nSPS) is 14.7. The lowest BCUT2D eigenvalue weighted by Crippen LogP contribution is -2.52. The number of aromatic nitrogens is 1. The van der Waals surface area contributed by atoms with Crippen molar-refractivity contribution in [2.24, 2.45) is 0 Å². The Labute approximate surface area is 337 Å². The summed E-state index contributed by atoms with van der Waals surface area (Å²) in [6.07, 6.45) is 4.54. The zero-order chi connectivity index (χ0) is 40.5. The Morgan fingerprint density at radius 1 is 0.930 bits per heavy atom. The molecule has 0 bridgehead atoms. The number of hydrogen-bond acceptors (Lipinski definition) is 9. The van der Waals surface area contributed by atoms with Gasteiger partial charge in [0.1, 0.15) is 36.3 Å². The number of nitrogens with one attached hydrogen (secondary N) is 3. The SMILES string of the molecule is Cc1c(COc2cc(OCc3cncc(C#N)c3)c(CNC(C)(CO)C(=O)O)cc2Cl)cccc1-c1cccc(-c2ccc(CNC[C@@H]3CCC(=O)N3)cc2)c1C. The van der Waals surface area contributed by atoms with Crippen molar-refractivity contribution in [3.8, 4) is 39.8 Å². The smallest absolute Gasteiger partial charge is 0.326 e. The van der Waals surface area contributed by atoms with Crippen molar-refractivity contribution in [1.29, 1.82) is 5.26 Å². The molecule has 6 rings (SSSR count). The molecule has 2 heterocycles. The molecule has 0 spiro atoms. The molecular formula is C45H46ClN5O6. The van der Waals surface area contributed by atoms with E-state index in [1.165, 1.54) is 18.7 Å². The number of aliphatic hydroxyl groups is 1. The Hall–Kier alpha value is -5.77. The molecule has 0 saturated carbocycles. The average Bonchev–Trinajstić information content (AvgIpc) is 3.64. The molecule has 294 valence electrons. The van der Waals surface area contributed by atoms with Crippen molar-refractivity contribution in [2.45, 2.75) is 71.5 Å². The first-order chi connectivity index (χ1) is 27.5. The second-order valence-corrected chi connectivity index (χ2v) is 14.9. The van der Waals surface area contributed by atoms with Gasteiger partial charge >= 0.3 is 5.97 Å². The monoisotopic (exact) mass is 787 g/mol. The fourth-order valence-corrected chi connectivity index (χ4v) is 7.03. The molecule has 2 atom stereocenters. The number of rotatable bonds is 17. The Balaban J connectivity index is 1.19. The van der Waals surface area contributed by atoms with Gasteiger partial charge in [0.2, 0.25) is 5.91 Å². The predicted molar refractivity (Wildman–Crippen MR) is 219 cm³/mol. The number of carbonyl (C=O) groups is 2. The van der Waals surface area contributed by atoms with Crippen LogP contribution in [-0.4, -0.2) is 51.8 Å². The highest BCUT2D eigenvalue weighted by molar-refractivity contribution is 6.32. The van der Waals surface area contributed by atoms with Crippen molar-refractivity contribution in [2.75, 3.05) is 13.2 Å². The molecule has 5 aromatic rings. The maximum absolute atomic E-state index is 11.8. The summed E-state index contributed by atoms with van der Waals surface area (Å²) in [6, 6.07) is 28.3. The summed E-state index contributed by atoms with van der Waals surface area (Å²) >= 11 is 6.76. The van der Waals surface area contributed by atoms with Crippen LogP contribution in [0.4, 0.5) is 0 Å². The zero-order valence-corrected chi connectivity index (χ0v) is 33.0. The van der Waals surface area contributed by atoms with Gasteiger partial charge in [-0.05, 0) is 83.8 Å². The molecule has 57 heavy (non-hydrogen) atoms. The number of hydrogen-bond donors (Lipinski definition) is 5. The van der Waals surface area contributed by atoms with E-state index in [-0.39, 0.29) is 31.7 Å². The topological polar surface area (TPSA) is 166 Å². The second kappa shape index (κ2) is 18.4. The lowest BCUT2D eigenvalue weighted by atomic mass is 9.89. The number of carbonyl (C=O) groups excluding carboxylic acids is 1. The van der Waals surface area contributed by atoms with Gasteiger partial charge in [0, 0.05) is 61.7 Å². The highest BCUT2D eigenvalue weighted by atomic mass is 35.5. The number of nitriles is 1. The summed E-state index contributed by atoms with van der Waals surface area (Å²) in [5, 5.41) is 38.4. The molecule has 1 aliphatic heterocycles. The lowest BCUT2D eigenvalue weighted by Gasteiger charge is -2.25. The van der Waals surface area contributed by atoms with Gasteiger partial charge in [-0.3, -0.25) is 19.9 Å². The minimum atomic E-state index is -1.59. The Morgan fingerprint density at radius 3 is 2.35 bits per heavy atom. The molecule has 0 radical (unpaired) electrons. The molecule has 1 amide bonds. The standard InChI is InChI=1S/C45H46ClN5O6/c1-28-34(6-4-8-38(28)39-9-5-7-37(29(39)2)33-12-10-30(11-13-33)20-49-24-36-14-15-43(53)51-36)26-57-42-18-41(56-25-32-16-31(19-47)21-48-22-32)35(17-40(42)46)23-50-45(3,27-52)44(54)55/h4-13,16-18,21-22,36,49-50,52H,14-15,20,23-27H2,1-3H3,(H,51,53)(H,54,55)/t36-,45?/m0/s1. The van der Waals surface area contributed by atoms with E-state index in [0.717, 1.165) is 58.5 Å². The van der Waals surface area contributed by atoms with E-state index in [2.05, 4.69) is 89.4 Å². The van der Waals surface area contributed by atoms with Crippen LogP contribution in [0.2, 0.25) is 5.02 Å². The summed E-state index contributed by atoms with van der Waals surface area (Å²) in [5.41, 5.74) is 8.86. The van der Waals surface area contributed by atoms with E-state index in [1.807, 2.05) is 12.1 Å². The number of amides is 1. The highest BCUT2D eigenvalue weighted by Gasteiger charge is 2.32. The third-order valence-electron chi connectivity index (χ3n) is 10.4. The van der Waals surface area contributed by atoms with E-state index < -0.39 is 18.1 Å². The highest BCUT2D eigenvalue weighted by Crippen LogP contribution is 2.37. The average molecular weight is 788 g/mol. The van der Waals surface area contributed by atoms with E-state index in [1.54, 1.807) is 24.4 Å². The van der Waals surface area contributed by atoms with Crippen molar-refractivity contribution in [1.82, 2.24) is 20.9 Å². The van der Waals surface area contributed by atoms with Crippen LogP contribution in [0.3, 0.4) is 0 Å². The van der Waals surface area contributed by atoms with Crippen LogP contribution in [0.25, 0.3) is 22.3 Å². The number of aliphatic hydroxyl groups excluding tert-OH is 1. The van der Waals surface area contributed by atoms with Crippen LogP contribution in [0.5, 0.6) is 11.5 Å². The summed E-state index contributed by atoms with van der Waals surface area (Å²) < 4.78 is 12.5. The van der Waals surface area contributed by atoms with Gasteiger partial charge in [-0.2, -0.15) is 5.26 Å². The van der Waals surface area contributed by atoms with Crippen LogP contribution in [0, 0.1) is 25.2 Å². The molecule has 0 aliphatic carbocycles. The molecule has 1 aliphatic rings.